The number of nitrogens with zero attached hydrogens (tertiary/aromatic N) is 3. The number of sulfonamides is 1. The third-order valence-electron chi connectivity index (χ3n) is 2.66. The minimum Gasteiger partial charge on any atom is -0.330 e. The van der Waals surface area contributed by atoms with Crippen LogP contribution < -0.4 is 10.5 Å². The van der Waals surface area contributed by atoms with E-state index in [0.717, 1.165) is 11.4 Å². The monoisotopic (exact) mass is 315 g/mol. The molecule has 0 aliphatic heterocycles. The summed E-state index contributed by atoms with van der Waals surface area (Å²) in [6.07, 6.45) is 5.25. The summed E-state index contributed by atoms with van der Waals surface area (Å²) >= 11 is 1.41. The van der Waals surface area contributed by atoms with Gasteiger partial charge in [0, 0.05) is 24.3 Å². The molecule has 2 aromatic rings. The lowest BCUT2D eigenvalue weighted by atomic mass is 10.4. The van der Waals surface area contributed by atoms with Gasteiger partial charge in [0.2, 0.25) is 10.0 Å². The van der Waals surface area contributed by atoms with Crippen molar-refractivity contribution in [2.75, 3.05) is 6.54 Å². The molecule has 2 rings (SSSR count). The fourth-order valence-electron chi connectivity index (χ4n) is 1.66. The first-order valence-electron chi connectivity index (χ1n) is 6.17. The molecule has 0 fully saturated rings. The topological polar surface area (TPSA) is 103 Å². The van der Waals surface area contributed by atoms with E-state index in [9.17, 15) is 8.42 Å². The normalized spacial score (nSPS) is 13.5. The van der Waals surface area contributed by atoms with Crippen molar-refractivity contribution in [2.45, 2.75) is 30.8 Å². The summed E-state index contributed by atoms with van der Waals surface area (Å²) in [5.41, 5.74) is 5.41. The van der Waals surface area contributed by atoms with E-state index in [-0.39, 0.29) is 10.9 Å². The highest BCUT2D eigenvalue weighted by atomic mass is 32.2. The minimum atomic E-state index is -3.59. The average Bonchev–Trinajstić information content (AvgIpc) is 3.07. The third kappa shape index (κ3) is 3.63. The molecule has 0 amide bonds. The Bertz CT molecular complexity index is 636. The zero-order valence-corrected chi connectivity index (χ0v) is 12.7. The van der Waals surface area contributed by atoms with Gasteiger partial charge in [-0.3, -0.25) is 4.68 Å². The minimum absolute atomic E-state index is 0.151. The maximum Gasteiger partial charge on any atom is 0.244 e. The standard InChI is InChI=1S/C11H17N5O2S2/c1-9(11-13-4-6-19-11)15-20(17,18)10-7-14-16(8-10)5-2-3-12/h4,6-9,15H,2-3,5,12H2,1H3. The fourth-order valence-corrected chi connectivity index (χ4v) is 3.54. The van der Waals surface area contributed by atoms with Gasteiger partial charge in [0.15, 0.2) is 0 Å². The lowest BCUT2D eigenvalue weighted by Crippen LogP contribution is -2.26. The van der Waals surface area contributed by atoms with Crippen molar-refractivity contribution >= 4 is 21.4 Å². The first-order chi connectivity index (χ1) is 9.53. The van der Waals surface area contributed by atoms with Gasteiger partial charge in [-0.25, -0.2) is 18.1 Å². The lowest BCUT2D eigenvalue weighted by Gasteiger charge is -2.10. The molecule has 0 saturated heterocycles. The van der Waals surface area contributed by atoms with Crippen LogP contribution in [0.3, 0.4) is 0 Å². The number of hydrogen-bond acceptors (Lipinski definition) is 6. The van der Waals surface area contributed by atoms with E-state index < -0.39 is 10.0 Å². The molecule has 2 heterocycles. The highest BCUT2D eigenvalue weighted by molar-refractivity contribution is 7.89. The Labute approximate surface area is 121 Å². The number of nitrogens with one attached hydrogen (secondary N) is 1. The maximum atomic E-state index is 12.2. The average molecular weight is 315 g/mol. The van der Waals surface area contributed by atoms with Crippen molar-refractivity contribution in [1.82, 2.24) is 19.5 Å². The van der Waals surface area contributed by atoms with Crippen molar-refractivity contribution < 1.29 is 8.42 Å². The molecule has 110 valence electrons. The van der Waals surface area contributed by atoms with E-state index in [1.165, 1.54) is 23.7 Å². The molecule has 0 aliphatic carbocycles. The van der Waals surface area contributed by atoms with Gasteiger partial charge in [-0.05, 0) is 19.9 Å². The molecule has 1 unspecified atom stereocenters. The molecule has 0 radical (unpaired) electrons. The van der Waals surface area contributed by atoms with E-state index in [0.29, 0.717) is 13.1 Å². The van der Waals surface area contributed by atoms with Crippen LogP contribution in [-0.4, -0.2) is 29.7 Å². The Morgan fingerprint density at radius 1 is 1.55 bits per heavy atom. The van der Waals surface area contributed by atoms with Crippen LogP contribution in [0.25, 0.3) is 0 Å². The largest absolute Gasteiger partial charge is 0.330 e. The first-order valence-corrected chi connectivity index (χ1v) is 8.53. The van der Waals surface area contributed by atoms with Gasteiger partial charge in [0.25, 0.3) is 0 Å². The number of rotatable bonds is 7. The van der Waals surface area contributed by atoms with Gasteiger partial charge in [-0.2, -0.15) is 5.10 Å². The first kappa shape index (κ1) is 15.1. The molecule has 0 bridgehead atoms. The zero-order chi connectivity index (χ0) is 14.6. The second-order valence-electron chi connectivity index (χ2n) is 4.29. The number of aryl methyl sites for hydroxylation is 1. The number of hydrogen-bond donors (Lipinski definition) is 2. The summed E-state index contributed by atoms with van der Waals surface area (Å²) < 4.78 is 28.6. The van der Waals surface area contributed by atoms with Gasteiger partial charge in [0.1, 0.15) is 9.90 Å². The second kappa shape index (κ2) is 6.44. The van der Waals surface area contributed by atoms with Crippen LogP contribution in [-0.2, 0) is 16.6 Å². The van der Waals surface area contributed by atoms with Crippen LogP contribution in [0.15, 0.2) is 28.9 Å². The van der Waals surface area contributed by atoms with Gasteiger partial charge >= 0.3 is 0 Å². The van der Waals surface area contributed by atoms with Crippen molar-refractivity contribution in [3.05, 3.63) is 29.0 Å². The van der Waals surface area contributed by atoms with E-state index >= 15 is 0 Å². The lowest BCUT2D eigenvalue weighted by molar-refractivity contribution is 0.564. The van der Waals surface area contributed by atoms with E-state index in [1.807, 2.05) is 5.38 Å². The third-order valence-corrected chi connectivity index (χ3v) is 5.12. The van der Waals surface area contributed by atoms with Crippen molar-refractivity contribution in [1.29, 1.82) is 0 Å². The van der Waals surface area contributed by atoms with Gasteiger partial charge in [0.05, 0.1) is 12.2 Å². The second-order valence-corrected chi connectivity index (χ2v) is 6.93. The summed E-state index contributed by atoms with van der Waals surface area (Å²) in [7, 11) is -3.59. The van der Waals surface area contributed by atoms with Crippen molar-refractivity contribution in [2.24, 2.45) is 5.73 Å². The van der Waals surface area contributed by atoms with Crippen LogP contribution in [0, 0.1) is 0 Å². The van der Waals surface area contributed by atoms with E-state index in [2.05, 4.69) is 14.8 Å². The quantitative estimate of drug-likeness (QED) is 0.784. The predicted octanol–water partition coefficient (Wildman–Crippen LogP) is 0.728. The Hall–Kier alpha value is -1.29. The maximum absolute atomic E-state index is 12.2. The molecule has 7 nitrogen and oxygen atoms in total. The smallest absolute Gasteiger partial charge is 0.244 e. The van der Waals surface area contributed by atoms with Gasteiger partial charge < -0.3 is 5.73 Å². The highest BCUT2D eigenvalue weighted by Crippen LogP contribution is 2.18. The van der Waals surface area contributed by atoms with Crippen LogP contribution in [0.1, 0.15) is 24.4 Å². The predicted molar refractivity (Wildman–Crippen MR) is 76.7 cm³/mol. The van der Waals surface area contributed by atoms with Crippen LogP contribution >= 0.6 is 11.3 Å². The number of aromatic nitrogens is 3. The fraction of sp³-hybridized carbons (Fsp3) is 0.455. The Morgan fingerprint density at radius 2 is 2.35 bits per heavy atom. The number of thiazole rings is 1. The Balaban J connectivity index is 2.08. The molecule has 0 saturated carbocycles. The summed E-state index contributed by atoms with van der Waals surface area (Å²) in [6, 6.07) is -0.368. The van der Waals surface area contributed by atoms with Gasteiger partial charge in [-0.15, -0.1) is 11.3 Å². The SMILES string of the molecule is CC(NS(=O)(=O)c1cnn(CCCN)c1)c1nccs1. The summed E-state index contributed by atoms with van der Waals surface area (Å²) in [5.74, 6) is 0. The molecule has 9 heteroatoms. The molecule has 0 aromatic carbocycles. The highest BCUT2D eigenvalue weighted by Gasteiger charge is 2.21. The van der Waals surface area contributed by atoms with E-state index in [1.54, 1.807) is 17.8 Å². The molecule has 3 N–H and O–H groups in total. The molecular weight excluding hydrogens is 298 g/mol. The number of nitrogens with two attached hydrogens (primary N) is 1. The molecule has 20 heavy (non-hydrogen) atoms. The zero-order valence-electron chi connectivity index (χ0n) is 11.1. The van der Waals surface area contributed by atoms with Crippen molar-refractivity contribution in [3.8, 4) is 0 Å². The summed E-state index contributed by atoms with van der Waals surface area (Å²) in [6.45, 7) is 2.91. The molecule has 0 spiro atoms. The van der Waals surface area contributed by atoms with Crippen LogP contribution in [0.2, 0.25) is 0 Å². The summed E-state index contributed by atoms with van der Waals surface area (Å²) in [5, 5.41) is 6.56. The van der Waals surface area contributed by atoms with Crippen LogP contribution in [0.4, 0.5) is 0 Å². The van der Waals surface area contributed by atoms with Crippen molar-refractivity contribution in [3.63, 3.8) is 0 Å². The Kier molecular flexibility index (Phi) is 4.86. The molecular formula is C11H17N5O2S2. The molecule has 0 aliphatic rings. The summed E-state index contributed by atoms with van der Waals surface area (Å²) in [4.78, 5) is 4.25. The van der Waals surface area contributed by atoms with Crippen LogP contribution in [0.5, 0.6) is 0 Å². The Morgan fingerprint density at radius 3 is 3.00 bits per heavy atom. The molecule has 1 atom stereocenters. The van der Waals surface area contributed by atoms with Gasteiger partial charge in [-0.1, -0.05) is 0 Å². The molecule has 2 aromatic heterocycles. The van der Waals surface area contributed by atoms with E-state index in [4.69, 9.17) is 5.73 Å².